The van der Waals surface area contributed by atoms with Gasteiger partial charge in [0.05, 0.1) is 4.90 Å². The minimum Gasteiger partial charge on any atom is -0.368 e. The first kappa shape index (κ1) is 22.0. The topological polar surface area (TPSA) is 110 Å². The van der Waals surface area contributed by atoms with Crippen molar-refractivity contribution in [1.82, 2.24) is 9.62 Å². The van der Waals surface area contributed by atoms with Crippen LogP contribution in [0.15, 0.2) is 59.5 Å². The van der Waals surface area contributed by atoms with E-state index in [1.54, 1.807) is 18.2 Å². The number of carbonyl (C=O) groups excluding carboxylic acids is 2. The molecular weight excluding hydrogens is 402 g/mol. The molecule has 1 aliphatic rings. The zero-order valence-corrected chi connectivity index (χ0v) is 17.8. The van der Waals surface area contributed by atoms with Gasteiger partial charge in [-0.3, -0.25) is 9.59 Å². The first-order valence-electron chi connectivity index (χ1n) is 10.0. The summed E-state index contributed by atoms with van der Waals surface area (Å²) in [5.41, 5.74) is 7.43. The summed E-state index contributed by atoms with van der Waals surface area (Å²) >= 11 is 0. The summed E-state index contributed by atoms with van der Waals surface area (Å²) in [6.07, 6.45) is 2.07. The molecule has 7 nitrogen and oxygen atoms in total. The Morgan fingerprint density at radius 2 is 1.77 bits per heavy atom. The molecule has 3 rings (SSSR count). The molecule has 0 spiro atoms. The fourth-order valence-corrected chi connectivity index (χ4v) is 5.41. The van der Waals surface area contributed by atoms with Gasteiger partial charge in [-0.05, 0) is 43.0 Å². The Bertz CT molecular complexity index is 1010. The predicted octanol–water partition coefficient (Wildman–Crippen LogP) is 1.75. The number of piperidine rings is 1. The molecule has 2 aromatic carbocycles. The van der Waals surface area contributed by atoms with Gasteiger partial charge in [-0.2, -0.15) is 4.31 Å². The molecular formula is C22H27N3O4S. The summed E-state index contributed by atoms with van der Waals surface area (Å²) in [5, 5.41) is 2.70. The van der Waals surface area contributed by atoms with Crippen LogP contribution in [0.3, 0.4) is 0 Å². The molecule has 0 bridgehead atoms. The Balaban J connectivity index is 1.80. The lowest BCUT2D eigenvalue weighted by Gasteiger charge is -2.34. The smallest absolute Gasteiger partial charge is 0.243 e. The van der Waals surface area contributed by atoms with Gasteiger partial charge in [-0.1, -0.05) is 48.9 Å². The lowest BCUT2D eigenvalue weighted by atomic mass is 9.99. The van der Waals surface area contributed by atoms with Gasteiger partial charge in [0.15, 0.2) is 0 Å². The van der Waals surface area contributed by atoms with Gasteiger partial charge < -0.3 is 11.1 Å². The van der Waals surface area contributed by atoms with Crippen LogP contribution in [0.1, 0.15) is 30.4 Å². The van der Waals surface area contributed by atoms with E-state index in [1.807, 2.05) is 31.2 Å². The van der Waals surface area contributed by atoms with Crippen LogP contribution in [0.2, 0.25) is 0 Å². The summed E-state index contributed by atoms with van der Waals surface area (Å²) in [6, 6.07) is 13.8. The van der Waals surface area contributed by atoms with Crippen LogP contribution < -0.4 is 11.1 Å². The maximum absolute atomic E-state index is 13.1. The van der Waals surface area contributed by atoms with Crippen LogP contribution in [0.25, 0.3) is 0 Å². The molecule has 1 heterocycles. The number of hydrogen-bond donors (Lipinski definition) is 2. The van der Waals surface area contributed by atoms with Crippen molar-refractivity contribution in [3.8, 4) is 0 Å². The van der Waals surface area contributed by atoms with E-state index in [0.29, 0.717) is 12.8 Å². The Morgan fingerprint density at radius 3 is 2.43 bits per heavy atom. The van der Waals surface area contributed by atoms with Crippen LogP contribution >= 0.6 is 0 Å². The van der Waals surface area contributed by atoms with Gasteiger partial charge in [0.2, 0.25) is 21.8 Å². The van der Waals surface area contributed by atoms with Crippen LogP contribution in [0, 0.1) is 6.92 Å². The van der Waals surface area contributed by atoms with E-state index in [4.69, 9.17) is 5.73 Å². The molecule has 2 amide bonds. The number of nitrogens with two attached hydrogens (primary N) is 1. The van der Waals surface area contributed by atoms with E-state index < -0.39 is 33.9 Å². The monoisotopic (exact) mass is 429 g/mol. The minimum absolute atomic E-state index is 0.149. The maximum Gasteiger partial charge on any atom is 0.243 e. The molecule has 160 valence electrons. The van der Waals surface area contributed by atoms with Crippen molar-refractivity contribution in [2.24, 2.45) is 5.73 Å². The highest BCUT2D eigenvalue weighted by Crippen LogP contribution is 2.25. The Labute approximate surface area is 177 Å². The molecule has 0 aromatic heterocycles. The van der Waals surface area contributed by atoms with Gasteiger partial charge in [-0.15, -0.1) is 0 Å². The molecule has 2 atom stereocenters. The number of primary amides is 1. The quantitative estimate of drug-likeness (QED) is 0.699. The van der Waals surface area contributed by atoms with Gasteiger partial charge in [-0.25, -0.2) is 8.42 Å². The summed E-state index contributed by atoms with van der Waals surface area (Å²) in [5.74, 6) is -1.15. The number of nitrogens with zero attached hydrogens (tertiary/aromatic N) is 1. The first-order valence-corrected chi connectivity index (χ1v) is 11.5. The predicted molar refractivity (Wildman–Crippen MR) is 114 cm³/mol. The van der Waals surface area contributed by atoms with Crippen molar-refractivity contribution in [3.05, 3.63) is 65.7 Å². The van der Waals surface area contributed by atoms with Crippen LogP contribution in [-0.4, -0.2) is 43.2 Å². The van der Waals surface area contributed by atoms with E-state index in [1.165, 1.54) is 16.4 Å². The molecule has 1 aliphatic heterocycles. The van der Waals surface area contributed by atoms with E-state index >= 15 is 0 Å². The molecule has 0 saturated carbocycles. The van der Waals surface area contributed by atoms with Crippen molar-refractivity contribution in [2.75, 3.05) is 6.54 Å². The molecule has 0 unspecified atom stereocenters. The second kappa shape index (κ2) is 9.40. The highest BCUT2D eigenvalue weighted by molar-refractivity contribution is 7.89. The summed E-state index contributed by atoms with van der Waals surface area (Å²) in [4.78, 5) is 25.2. The van der Waals surface area contributed by atoms with Crippen LogP contribution in [0.4, 0.5) is 0 Å². The minimum atomic E-state index is -3.82. The van der Waals surface area contributed by atoms with E-state index in [9.17, 15) is 18.0 Å². The number of sulfonamides is 1. The third kappa shape index (κ3) is 4.88. The average molecular weight is 430 g/mol. The van der Waals surface area contributed by atoms with Gasteiger partial charge in [0.25, 0.3) is 0 Å². The molecule has 1 fully saturated rings. The van der Waals surface area contributed by atoms with Crippen molar-refractivity contribution in [2.45, 2.75) is 49.6 Å². The molecule has 1 saturated heterocycles. The molecule has 30 heavy (non-hydrogen) atoms. The number of hydrogen-bond acceptors (Lipinski definition) is 4. The number of aryl methyl sites for hydroxylation is 1. The van der Waals surface area contributed by atoms with Gasteiger partial charge >= 0.3 is 0 Å². The van der Waals surface area contributed by atoms with Crippen molar-refractivity contribution in [3.63, 3.8) is 0 Å². The lowest BCUT2D eigenvalue weighted by Crippen LogP contribution is -2.56. The zero-order chi connectivity index (χ0) is 21.7. The third-order valence-electron chi connectivity index (χ3n) is 5.45. The largest absolute Gasteiger partial charge is 0.368 e. The summed E-state index contributed by atoms with van der Waals surface area (Å²) in [6.45, 7) is 2.18. The summed E-state index contributed by atoms with van der Waals surface area (Å²) < 4.78 is 27.5. The molecule has 8 heteroatoms. The Kier molecular flexibility index (Phi) is 6.89. The number of rotatable bonds is 7. The highest BCUT2D eigenvalue weighted by atomic mass is 32.2. The summed E-state index contributed by atoms with van der Waals surface area (Å²) in [7, 11) is -3.82. The second-order valence-corrected chi connectivity index (χ2v) is 9.43. The Hall–Kier alpha value is -2.71. The van der Waals surface area contributed by atoms with Crippen LogP contribution in [0.5, 0.6) is 0 Å². The number of carbonyl (C=O) groups is 2. The number of nitrogens with one attached hydrogen (secondary N) is 1. The fourth-order valence-electron chi connectivity index (χ4n) is 3.73. The molecule has 2 aromatic rings. The fraction of sp³-hybridized carbons (Fsp3) is 0.364. The van der Waals surface area contributed by atoms with E-state index in [-0.39, 0.29) is 17.9 Å². The zero-order valence-electron chi connectivity index (χ0n) is 17.0. The first-order chi connectivity index (χ1) is 14.3. The maximum atomic E-state index is 13.1. The Morgan fingerprint density at radius 1 is 1.10 bits per heavy atom. The molecule has 0 radical (unpaired) electrons. The van der Waals surface area contributed by atoms with Crippen molar-refractivity contribution >= 4 is 21.8 Å². The highest BCUT2D eigenvalue weighted by Gasteiger charge is 2.38. The number of amides is 2. The average Bonchev–Trinajstić information content (AvgIpc) is 2.75. The molecule has 3 N–H and O–H groups in total. The normalized spacial score (nSPS) is 18.5. The molecule has 0 aliphatic carbocycles. The van der Waals surface area contributed by atoms with E-state index in [2.05, 4.69) is 5.32 Å². The van der Waals surface area contributed by atoms with E-state index in [0.717, 1.165) is 17.5 Å². The van der Waals surface area contributed by atoms with Crippen LogP contribution in [-0.2, 0) is 26.0 Å². The van der Waals surface area contributed by atoms with Gasteiger partial charge in [0, 0.05) is 13.0 Å². The SMILES string of the molecule is Cc1ccccc1C[C@H](NC(=O)[C@@H]1CCCCN1S(=O)(=O)c1ccccc1)C(N)=O. The number of benzene rings is 2. The second-order valence-electron chi connectivity index (χ2n) is 7.53. The van der Waals surface area contributed by atoms with Crippen molar-refractivity contribution in [1.29, 1.82) is 0 Å². The standard InChI is InChI=1S/C22H27N3O4S/c1-16-9-5-6-10-17(16)15-19(21(23)26)24-22(27)20-13-7-8-14-25(20)30(28,29)18-11-3-2-4-12-18/h2-6,9-12,19-20H,7-8,13-15H2,1H3,(H2,23,26)(H,24,27)/t19-,20-/m0/s1. The lowest BCUT2D eigenvalue weighted by molar-refractivity contribution is -0.130. The van der Waals surface area contributed by atoms with Crippen molar-refractivity contribution < 1.29 is 18.0 Å². The van der Waals surface area contributed by atoms with Gasteiger partial charge in [0.1, 0.15) is 12.1 Å². The third-order valence-corrected chi connectivity index (χ3v) is 7.37.